The minimum Gasteiger partial charge on any atom is -0.395 e. The maximum absolute atomic E-state index is 14.1. The molecule has 21 heavy (non-hydrogen) atoms. The number of piperidine rings is 1. The molecular formula is C17H22FNO2. The molecule has 0 aliphatic carbocycles. The normalized spacial score (nSPS) is 22.7. The lowest BCUT2D eigenvalue weighted by molar-refractivity contribution is 0.0316. The molecule has 2 unspecified atom stereocenters. The molecule has 0 radical (unpaired) electrons. The Morgan fingerprint density at radius 1 is 1.43 bits per heavy atom. The number of aliphatic hydroxyl groups is 2. The predicted molar refractivity (Wildman–Crippen MR) is 80.0 cm³/mol. The molecule has 3 nitrogen and oxygen atoms in total. The lowest BCUT2D eigenvalue weighted by Gasteiger charge is -2.34. The molecular weight excluding hydrogens is 269 g/mol. The first-order valence-electron chi connectivity index (χ1n) is 7.38. The molecule has 1 saturated heterocycles. The zero-order chi connectivity index (χ0) is 15.2. The Balaban J connectivity index is 2.00. The Morgan fingerprint density at radius 3 is 2.90 bits per heavy atom. The number of likely N-dealkylation sites (tertiary alicyclic amines) is 1. The minimum absolute atomic E-state index is 0.0204. The van der Waals surface area contributed by atoms with Crippen LogP contribution in [-0.2, 0) is 6.54 Å². The van der Waals surface area contributed by atoms with Crippen LogP contribution < -0.4 is 0 Å². The fraction of sp³-hybridized carbons (Fsp3) is 0.529. The second-order valence-corrected chi connectivity index (χ2v) is 5.65. The van der Waals surface area contributed by atoms with Crippen molar-refractivity contribution in [2.45, 2.75) is 32.4 Å². The standard InChI is InChI=1S/C17H22FNO2/c1-13-11-19(8-7-17(13)21)12-15-6-5-14(10-16(15)18)4-2-3-9-20/h5-6,10,13,17,20-21H,3,7-9,11-12H2,1H3. The van der Waals surface area contributed by atoms with Gasteiger partial charge in [-0.1, -0.05) is 24.8 Å². The van der Waals surface area contributed by atoms with Crippen molar-refractivity contribution in [1.29, 1.82) is 0 Å². The van der Waals surface area contributed by atoms with Crippen LogP contribution in [0.4, 0.5) is 4.39 Å². The zero-order valence-corrected chi connectivity index (χ0v) is 12.3. The van der Waals surface area contributed by atoms with Gasteiger partial charge >= 0.3 is 0 Å². The summed E-state index contributed by atoms with van der Waals surface area (Å²) in [5.74, 6) is 5.60. The molecule has 2 rings (SSSR count). The van der Waals surface area contributed by atoms with Gasteiger partial charge in [-0.15, -0.1) is 0 Å². The third-order valence-electron chi connectivity index (χ3n) is 3.86. The van der Waals surface area contributed by atoms with Crippen molar-refractivity contribution in [2.75, 3.05) is 19.7 Å². The molecule has 1 aliphatic rings. The zero-order valence-electron chi connectivity index (χ0n) is 12.3. The highest BCUT2D eigenvalue weighted by atomic mass is 19.1. The van der Waals surface area contributed by atoms with E-state index in [1.807, 2.05) is 13.0 Å². The molecule has 0 aromatic heterocycles. The van der Waals surface area contributed by atoms with Crippen molar-refractivity contribution in [3.8, 4) is 11.8 Å². The number of hydrogen-bond donors (Lipinski definition) is 2. The van der Waals surface area contributed by atoms with E-state index in [2.05, 4.69) is 16.7 Å². The summed E-state index contributed by atoms with van der Waals surface area (Å²) in [6.07, 6.45) is 0.903. The quantitative estimate of drug-likeness (QED) is 0.834. The molecule has 0 spiro atoms. The predicted octanol–water partition coefficient (Wildman–Crippen LogP) is 1.76. The van der Waals surface area contributed by atoms with Crippen LogP contribution in [0.15, 0.2) is 18.2 Å². The van der Waals surface area contributed by atoms with Crippen molar-refractivity contribution in [3.05, 3.63) is 35.1 Å². The average Bonchev–Trinajstić information content (AvgIpc) is 2.46. The summed E-state index contributed by atoms with van der Waals surface area (Å²) in [5, 5.41) is 18.4. The van der Waals surface area contributed by atoms with Crippen molar-refractivity contribution in [3.63, 3.8) is 0 Å². The first kappa shape index (κ1) is 16.0. The van der Waals surface area contributed by atoms with E-state index in [0.717, 1.165) is 19.5 Å². The molecule has 1 aromatic rings. The summed E-state index contributed by atoms with van der Waals surface area (Å²) in [6, 6.07) is 5.03. The molecule has 2 atom stereocenters. The van der Waals surface area contributed by atoms with E-state index in [-0.39, 0.29) is 24.4 Å². The van der Waals surface area contributed by atoms with Crippen LogP contribution in [0.3, 0.4) is 0 Å². The van der Waals surface area contributed by atoms with E-state index < -0.39 is 0 Å². The number of aliphatic hydroxyl groups excluding tert-OH is 2. The number of benzene rings is 1. The molecule has 0 bridgehead atoms. The lowest BCUT2D eigenvalue weighted by Crippen LogP contribution is -2.41. The van der Waals surface area contributed by atoms with Crippen LogP contribution in [0, 0.1) is 23.6 Å². The van der Waals surface area contributed by atoms with Gasteiger partial charge in [-0.05, 0) is 24.5 Å². The van der Waals surface area contributed by atoms with Gasteiger partial charge in [0.1, 0.15) is 5.82 Å². The summed E-state index contributed by atoms with van der Waals surface area (Å²) in [5.41, 5.74) is 1.29. The summed E-state index contributed by atoms with van der Waals surface area (Å²) in [4.78, 5) is 2.17. The molecule has 114 valence electrons. The maximum atomic E-state index is 14.1. The van der Waals surface area contributed by atoms with E-state index in [9.17, 15) is 9.50 Å². The summed E-state index contributed by atoms with van der Waals surface area (Å²) < 4.78 is 14.1. The van der Waals surface area contributed by atoms with Gasteiger partial charge < -0.3 is 10.2 Å². The van der Waals surface area contributed by atoms with Crippen LogP contribution in [0.2, 0.25) is 0 Å². The largest absolute Gasteiger partial charge is 0.395 e. The van der Waals surface area contributed by atoms with E-state index in [0.29, 0.717) is 24.1 Å². The molecule has 4 heteroatoms. The van der Waals surface area contributed by atoms with Crippen molar-refractivity contribution in [2.24, 2.45) is 5.92 Å². The molecule has 1 heterocycles. The Hall–Kier alpha value is -1.41. The van der Waals surface area contributed by atoms with Crippen molar-refractivity contribution in [1.82, 2.24) is 4.90 Å². The molecule has 1 fully saturated rings. The third kappa shape index (κ3) is 4.53. The SMILES string of the molecule is CC1CN(Cc2ccc(C#CCCO)cc2F)CCC1O. The molecule has 1 aliphatic heterocycles. The van der Waals surface area contributed by atoms with Crippen LogP contribution in [0.25, 0.3) is 0 Å². The second-order valence-electron chi connectivity index (χ2n) is 5.65. The van der Waals surface area contributed by atoms with Gasteiger partial charge in [-0.2, -0.15) is 0 Å². The van der Waals surface area contributed by atoms with Gasteiger partial charge in [-0.25, -0.2) is 4.39 Å². The first-order chi connectivity index (χ1) is 10.1. The van der Waals surface area contributed by atoms with Gasteiger partial charge in [0.25, 0.3) is 0 Å². The second kappa shape index (κ2) is 7.56. The molecule has 0 amide bonds. The Morgan fingerprint density at radius 2 is 2.24 bits per heavy atom. The van der Waals surface area contributed by atoms with Crippen LogP contribution in [0.5, 0.6) is 0 Å². The summed E-state index contributed by atoms with van der Waals surface area (Å²) >= 11 is 0. The van der Waals surface area contributed by atoms with Crippen LogP contribution in [-0.4, -0.2) is 40.9 Å². The minimum atomic E-state index is -0.246. The van der Waals surface area contributed by atoms with E-state index in [1.54, 1.807) is 6.07 Å². The molecule has 0 saturated carbocycles. The van der Waals surface area contributed by atoms with Gasteiger partial charge in [0.15, 0.2) is 0 Å². The number of nitrogens with zero attached hydrogens (tertiary/aromatic N) is 1. The topological polar surface area (TPSA) is 43.7 Å². The highest BCUT2D eigenvalue weighted by molar-refractivity contribution is 5.37. The lowest BCUT2D eigenvalue weighted by atomic mass is 9.96. The van der Waals surface area contributed by atoms with Crippen molar-refractivity contribution < 1.29 is 14.6 Å². The van der Waals surface area contributed by atoms with Crippen LogP contribution >= 0.6 is 0 Å². The Kier molecular flexibility index (Phi) is 5.75. The monoisotopic (exact) mass is 291 g/mol. The Labute approximate surface area is 125 Å². The number of hydrogen-bond acceptors (Lipinski definition) is 3. The van der Waals surface area contributed by atoms with Gasteiger partial charge in [0.05, 0.1) is 12.7 Å². The number of rotatable bonds is 3. The average molecular weight is 291 g/mol. The van der Waals surface area contributed by atoms with Gasteiger partial charge in [-0.3, -0.25) is 4.90 Å². The van der Waals surface area contributed by atoms with Gasteiger partial charge in [0, 0.05) is 37.2 Å². The smallest absolute Gasteiger partial charge is 0.128 e. The maximum Gasteiger partial charge on any atom is 0.128 e. The fourth-order valence-corrected chi connectivity index (χ4v) is 2.58. The Bertz CT molecular complexity index is 535. The van der Waals surface area contributed by atoms with E-state index in [4.69, 9.17) is 5.11 Å². The number of halogens is 1. The molecule has 2 N–H and O–H groups in total. The fourth-order valence-electron chi connectivity index (χ4n) is 2.58. The third-order valence-corrected chi connectivity index (χ3v) is 3.86. The highest BCUT2D eigenvalue weighted by Crippen LogP contribution is 2.20. The van der Waals surface area contributed by atoms with Crippen molar-refractivity contribution >= 4 is 0 Å². The summed E-state index contributed by atoms with van der Waals surface area (Å²) in [7, 11) is 0. The first-order valence-corrected chi connectivity index (χ1v) is 7.38. The molecule has 1 aromatic carbocycles. The summed E-state index contributed by atoms with van der Waals surface area (Å²) in [6.45, 7) is 4.19. The van der Waals surface area contributed by atoms with E-state index >= 15 is 0 Å². The highest BCUT2D eigenvalue weighted by Gasteiger charge is 2.24. The van der Waals surface area contributed by atoms with E-state index in [1.165, 1.54) is 6.07 Å². The van der Waals surface area contributed by atoms with Crippen LogP contribution in [0.1, 0.15) is 30.9 Å². The van der Waals surface area contributed by atoms with Gasteiger partial charge in [0.2, 0.25) is 0 Å².